The Balaban J connectivity index is 0.000000815. The Bertz CT molecular complexity index is 1230. The summed E-state index contributed by atoms with van der Waals surface area (Å²) in [6, 6.07) is 13.2. The number of fused-ring (bicyclic) bond motifs is 4. The number of nitrogens with zero attached hydrogens (tertiary/aromatic N) is 3. The number of aromatic nitrogens is 1. The molecule has 0 saturated carbocycles. The maximum absolute atomic E-state index is 13.3. The second kappa shape index (κ2) is 11.4. The van der Waals surface area contributed by atoms with Crippen LogP contribution >= 0.6 is 12.6 Å². The van der Waals surface area contributed by atoms with Crippen molar-refractivity contribution in [3.63, 3.8) is 0 Å². The van der Waals surface area contributed by atoms with E-state index in [2.05, 4.69) is 17.2 Å². The van der Waals surface area contributed by atoms with Crippen LogP contribution in [0, 0.1) is 5.82 Å². The third kappa shape index (κ3) is 5.05. The number of benzene rings is 2. The highest BCUT2D eigenvalue weighted by Crippen LogP contribution is 2.36. The second-order valence-electron chi connectivity index (χ2n) is 7.92. The van der Waals surface area contributed by atoms with Gasteiger partial charge in [-0.25, -0.2) is 9.18 Å². The molecule has 186 valence electrons. The van der Waals surface area contributed by atoms with Gasteiger partial charge in [0.25, 0.3) is 5.91 Å². The molecule has 3 heterocycles. The van der Waals surface area contributed by atoms with Crippen LogP contribution in [0.25, 0.3) is 10.9 Å². The highest BCUT2D eigenvalue weighted by atomic mass is 32.1. The van der Waals surface area contributed by atoms with E-state index < -0.39 is 18.0 Å². The van der Waals surface area contributed by atoms with Crippen molar-refractivity contribution >= 4 is 41.4 Å². The quantitative estimate of drug-likeness (QED) is 0.398. The predicted molar refractivity (Wildman–Crippen MR) is 136 cm³/mol. The van der Waals surface area contributed by atoms with E-state index in [4.69, 9.17) is 5.11 Å². The molecule has 3 aromatic rings. The first-order valence-corrected chi connectivity index (χ1v) is 12.5. The number of imide groups is 1. The first-order valence-electron chi connectivity index (χ1n) is 11.6. The van der Waals surface area contributed by atoms with Gasteiger partial charge in [0.1, 0.15) is 11.9 Å². The summed E-state index contributed by atoms with van der Waals surface area (Å²) < 4.78 is 15.5. The third-order valence-corrected chi connectivity index (χ3v) is 6.12. The van der Waals surface area contributed by atoms with Gasteiger partial charge in [-0.2, -0.15) is 12.6 Å². The summed E-state index contributed by atoms with van der Waals surface area (Å²) in [7, 11) is 0. The van der Waals surface area contributed by atoms with Crippen molar-refractivity contribution in [1.82, 2.24) is 14.4 Å². The fourth-order valence-electron chi connectivity index (χ4n) is 4.63. The van der Waals surface area contributed by atoms with Gasteiger partial charge in [-0.1, -0.05) is 44.2 Å². The number of carboxylic acids is 1. The van der Waals surface area contributed by atoms with Gasteiger partial charge in [-0.3, -0.25) is 14.5 Å². The minimum Gasteiger partial charge on any atom is -0.481 e. The summed E-state index contributed by atoms with van der Waals surface area (Å²) in [4.78, 5) is 39.3. The monoisotopic (exact) mass is 499 g/mol. The van der Waals surface area contributed by atoms with Gasteiger partial charge in [0.2, 0.25) is 0 Å². The summed E-state index contributed by atoms with van der Waals surface area (Å²) in [5, 5.41) is 9.97. The molecule has 1 atom stereocenters. The van der Waals surface area contributed by atoms with E-state index in [1.54, 1.807) is 18.4 Å². The molecule has 0 radical (unpaired) electrons. The fourth-order valence-corrected chi connectivity index (χ4v) is 4.63. The maximum atomic E-state index is 13.3. The number of hydrogen-bond donors (Lipinski definition) is 2. The molecular formula is C26H30FN3O4S. The zero-order chi connectivity index (χ0) is 25.7. The van der Waals surface area contributed by atoms with Crippen LogP contribution in [0.2, 0.25) is 0 Å². The van der Waals surface area contributed by atoms with Gasteiger partial charge >= 0.3 is 12.0 Å². The molecule has 2 aliphatic rings. The highest BCUT2D eigenvalue weighted by molar-refractivity contribution is 7.79. The Kier molecular flexibility index (Phi) is 8.56. The number of para-hydroxylation sites is 1. The average Bonchev–Trinajstić information content (AvgIpc) is 3.31. The van der Waals surface area contributed by atoms with Crippen LogP contribution in [0.15, 0.2) is 48.5 Å². The lowest BCUT2D eigenvalue weighted by Crippen LogP contribution is -2.40. The molecule has 7 nitrogen and oxygen atoms in total. The molecule has 5 rings (SSSR count). The van der Waals surface area contributed by atoms with Crippen LogP contribution in [0.4, 0.5) is 9.18 Å². The molecule has 1 saturated heterocycles. The van der Waals surface area contributed by atoms with Crippen molar-refractivity contribution in [3.05, 3.63) is 71.2 Å². The van der Waals surface area contributed by atoms with Crippen molar-refractivity contribution in [1.29, 1.82) is 0 Å². The number of hydrogen-bond acceptors (Lipinski definition) is 4. The molecule has 1 N–H and O–H groups in total. The Morgan fingerprint density at radius 3 is 2.40 bits per heavy atom. The van der Waals surface area contributed by atoms with E-state index in [0.29, 0.717) is 13.0 Å². The number of amides is 3. The second-order valence-corrected chi connectivity index (χ2v) is 7.92. The van der Waals surface area contributed by atoms with E-state index in [9.17, 15) is 18.8 Å². The number of carbonyl (C=O) groups is 3. The smallest absolute Gasteiger partial charge is 0.327 e. The first-order chi connectivity index (χ1) is 16.9. The molecule has 0 aliphatic carbocycles. The number of urea groups is 1. The van der Waals surface area contributed by atoms with Crippen LogP contribution in [-0.4, -0.2) is 56.2 Å². The van der Waals surface area contributed by atoms with Crippen molar-refractivity contribution in [2.24, 2.45) is 0 Å². The highest BCUT2D eigenvalue weighted by Gasteiger charge is 2.48. The average molecular weight is 500 g/mol. The van der Waals surface area contributed by atoms with E-state index >= 15 is 0 Å². The van der Waals surface area contributed by atoms with Crippen molar-refractivity contribution < 1.29 is 23.9 Å². The number of carboxylic acid groups (broad SMARTS) is 1. The Hall–Kier alpha value is -3.33. The van der Waals surface area contributed by atoms with Gasteiger partial charge < -0.3 is 14.6 Å². The zero-order valence-electron chi connectivity index (χ0n) is 20.1. The van der Waals surface area contributed by atoms with Crippen LogP contribution in [0.5, 0.6) is 0 Å². The van der Waals surface area contributed by atoms with E-state index in [0.717, 1.165) is 32.6 Å². The summed E-state index contributed by atoms with van der Waals surface area (Å²) >= 11 is 3.53. The van der Waals surface area contributed by atoms with Crippen LogP contribution < -0.4 is 0 Å². The van der Waals surface area contributed by atoms with Crippen molar-refractivity contribution in [3.8, 4) is 0 Å². The van der Waals surface area contributed by atoms with Crippen molar-refractivity contribution in [2.45, 2.75) is 45.8 Å². The molecule has 35 heavy (non-hydrogen) atoms. The summed E-state index contributed by atoms with van der Waals surface area (Å²) in [6.07, 6.45) is 1.81. The maximum Gasteiger partial charge on any atom is 0.327 e. The van der Waals surface area contributed by atoms with E-state index in [1.165, 1.54) is 17.0 Å². The minimum atomic E-state index is -1.05. The first kappa shape index (κ1) is 26.3. The van der Waals surface area contributed by atoms with Gasteiger partial charge in [-0.15, -0.1) is 0 Å². The molecule has 2 aliphatic heterocycles. The van der Waals surface area contributed by atoms with Crippen LogP contribution in [-0.2, 0) is 29.1 Å². The lowest BCUT2D eigenvalue weighted by Gasteiger charge is -2.28. The SMILES string of the molecule is CC.CS.O=C(O)CCN1C(=O)C2Cc3c(n(Cc4ccc(F)cc4)c4ccccc34)CN2C1=O. The molecular weight excluding hydrogens is 469 g/mol. The van der Waals surface area contributed by atoms with Crippen molar-refractivity contribution in [2.75, 3.05) is 12.8 Å². The van der Waals surface area contributed by atoms with E-state index in [1.807, 2.05) is 38.1 Å². The van der Waals surface area contributed by atoms with Gasteiger partial charge in [0.15, 0.2) is 0 Å². The number of rotatable bonds is 5. The Morgan fingerprint density at radius 2 is 1.74 bits per heavy atom. The topological polar surface area (TPSA) is 82.8 Å². The lowest BCUT2D eigenvalue weighted by molar-refractivity contribution is -0.137. The molecule has 0 spiro atoms. The number of halogens is 1. The Labute approximate surface area is 209 Å². The number of thiol groups is 1. The number of aliphatic carboxylic acids is 1. The Morgan fingerprint density at radius 1 is 1.09 bits per heavy atom. The van der Waals surface area contributed by atoms with Gasteiger partial charge in [0, 0.05) is 36.1 Å². The lowest BCUT2D eigenvalue weighted by atomic mass is 9.97. The minimum absolute atomic E-state index is 0.124. The van der Waals surface area contributed by atoms with Gasteiger partial charge in [-0.05, 0) is 35.6 Å². The number of carbonyl (C=O) groups excluding carboxylic acids is 2. The molecule has 9 heteroatoms. The van der Waals surface area contributed by atoms with Crippen LogP contribution in [0.1, 0.15) is 37.1 Å². The molecule has 1 aromatic heterocycles. The molecule has 1 unspecified atom stereocenters. The third-order valence-electron chi connectivity index (χ3n) is 6.12. The fraction of sp³-hybridized carbons (Fsp3) is 0.346. The zero-order valence-corrected chi connectivity index (χ0v) is 21.0. The summed E-state index contributed by atoms with van der Waals surface area (Å²) in [5.74, 6) is -1.69. The predicted octanol–water partition coefficient (Wildman–Crippen LogP) is 4.56. The largest absolute Gasteiger partial charge is 0.481 e. The molecule has 0 bridgehead atoms. The normalized spacial score (nSPS) is 16.2. The molecule has 1 fully saturated rings. The molecule has 2 aromatic carbocycles. The standard InChI is InChI=1S/C23H20FN3O4.C2H6.CH4S/c24-15-7-5-14(6-8-15)12-26-18-4-2-1-3-16(18)17-11-19-22(30)25(10-9-21(28)29)23(31)27(19)13-20(17)26;2*1-2/h1-8,19H,9-13H2,(H,28,29);1-2H3;2H,1H3. The van der Waals surface area contributed by atoms with Crippen LogP contribution in [0.3, 0.4) is 0 Å². The summed E-state index contributed by atoms with van der Waals surface area (Å²) in [5.41, 5.74) is 3.91. The van der Waals surface area contributed by atoms with E-state index in [-0.39, 0.29) is 31.2 Å². The summed E-state index contributed by atoms with van der Waals surface area (Å²) in [6.45, 7) is 4.66. The molecule has 3 amide bonds. The van der Waals surface area contributed by atoms with Gasteiger partial charge in [0.05, 0.1) is 13.0 Å².